The zero-order valence-corrected chi connectivity index (χ0v) is 11.9. The Morgan fingerprint density at radius 3 is 3.00 bits per heavy atom. The Morgan fingerprint density at radius 2 is 2.19 bits per heavy atom. The van der Waals surface area contributed by atoms with Crippen molar-refractivity contribution in [3.05, 3.63) is 58.9 Å². The van der Waals surface area contributed by atoms with Gasteiger partial charge in [-0.2, -0.15) is 0 Å². The minimum absolute atomic E-state index is 0.0907. The zero-order chi connectivity index (χ0) is 14.8. The number of nitrogens with two attached hydrogens (primary N) is 1. The Balaban J connectivity index is 1.68. The first-order valence-electron chi connectivity index (χ1n) is 7.04. The van der Waals surface area contributed by atoms with Gasteiger partial charge in [0.1, 0.15) is 30.0 Å². The molecule has 1 aliphatic rings. The van der Waals surface area contributed by atoms with Crippen molar-refractivity contribution in [2.45, 2.75) is 26.0 Å². The lowest BCUT2D eigenvalue weighted by molar-refractivity contribution is 0.147. The number of benzene rings is 2. The number of hydrogen-bond donors (Lipinski definition) is 1. The molecule has 0 spiro atoms. The van der Waals surface area contributed by atoms with Gasteiger partial charge in [-0.3, -0.25) is 0 Å². The van der Waals surface area contributed by atoms with Crippen molar-refractivity contribution in [1.82, 2.24) is 0 Å². The van der Waals surface area contributed by atoms with Gasteiger partial charge in [-0.15, -0.1) is 0 Å². The maximum Gasteiger partial charge on any atom is 0.137 e. The van der Waals surface area contributed by atoms with Crippen LogP contribution >= 0.6 is 0 Å². The molecule has 0 fully saturated rings. The summed E-state index contributed by atoms with van der Waals surface area (Å²) in [4.78, 5) is 0. The van der Waals surface area contributed by atoms with Crippen LogP contribution in [-0.2, 0) is 13.0 Å². The molecular formula is C17H18FNO2. The van der Waals surface area contributed by atoms with Gasteiger partial charge in [-0.05, 0) is 30.7 Å². The molecule has 4 heteroatoms. The van der Waals surface area contributed by atoms with E-state index in [-0.39, 0.29) is 11.9 Å². The standard InChI is InChI=1S/C17H18FNO2/c1-11-3-2-4-12(9-19)17(11)20-10-15-8-13-7-14(18)5-6-16(13)21-15/h2-7,15H,8-10,19H2,1H3. The number of halogens is 1. The fourth-order valence-corrected chi connectivity index (χ4v) is 2.64. The number of para-hydroxylation sites is 1. The van der Waals surface area contributed by atoms with E-state index in [1.54, 1.807) is 6.07 Å². The smallest absolute Gasteiger partial charge is 0.137 e. The quantitative estimate of drug-likeness (QED) is 0.940. The highest BCUT2D eigenvalue weighted by Gasteiger charge is 2.24. The van der Waals surface area contributed by atoms with Gasteiger partial charge in [0.25, 0.3) is 0 Å². The topological polar surface area (TPSA) is 44.5 Å². The van der Waals surface area contributed by atoms with Crippen LogP contribution in [0, 0.1) is 12.7 Å². The van der Waals surface area contributed by atoms with Crippen LogP contribution in [0.15, 0.2) is 36.4 Å². The highest BCUT2D eigenvalue weighted by Crippen LogP contribution is 2.30. The van der Waals surface area contributed by atoms with E-state index in [0.717, 1.165) is 28.2 Å². The van der Waals surface area contributed by atoms with Crippen molar-refractivity contribution >= 4 is 0 Å². The molecule has 0 amide bonds. The molecule has 2 aromatic carbocycles. The van der Waals surface area contributed by atoms with E-state index in [1.165, 1.54) is 12.1 Å². The fraction of sp³-hybridized carbons (Fsp3) is 0.294. The van der Waals surface area contributed by atoms with E-state index in [2.05, 4.69) is 0 Å². The monoisotopic (exact) mass is 287 g/mol. The number of hydrogen-bond acceptors (Lipinski definition) is 3. The SMILES string of the molecule is Cc1cccc(CN)c1OCC1Cc2cc(F)ccc2O1. The highest BCUT2D eigenvalue weighted by molar-refractivity contribution is 5.41. The number of ether oxygens (including phenoxy) is 2. The zero-order valence-electron chi connectivity index (χ0n) is 11.9. The second-order valence-electron chi connectivity index (χ2n) is 5.27. The minimum atomic E-state index is -0.233. The summed E-state index contributed by atoms with van der Waals surface area (Å²) in [5, 5.41) is 0. The third-order valence-corrected chi connectivity index (χ3v) is 3.69. The van der Waals surface area contributed by atoms with E-state index >= 15 is 0 Å². The van der Waals surface area contributed by atoms with Gasteiger partial charge in [-0.1, -0.05) is 18.2 Å². The van der Waals surface area contributed by atoms with Gasteiger partial charge >= 0.3 is 0 Å². The minimum Gasteiger partial charge on any atom is -0.489 e. The van der Waals surface area contributed by atoms with E-state index in [9.17, 15) is 4.39 Å². The lowest BCUT2D eigenvalue weighted by Gasteiger charge is -2.16. The molecule has 2 aromatic rings. The van der Waals surface area contributed by atoms with Crippen LogP contribution in [0.25, 0.3) is 0 Å². The summed E-state index contributed by atoms with van der Waals surface area (Å²) in [5.41, 5.74) is 8.67. The maximum absolute atomic E-state index is 13.2. The number of fused-ring (bicyclic) bond motifs is 1. The van der Waals surface area contributed by atoms with Crippen molar-refractivity contribution in [3.63, 3.8) is 0 Å². The van der Waals surface area contributed by atoms with Crippen molar-refractivity contribution in [3.8, 4) is 11.5 Å². The average molecular weight is 287 g/mol. The maximum atomic E-state index is 13.2. The molecule has 21 heavy (non-hydrogen) atoms. The van der Waals surface area contributed by atoms with Crippen LogP contribution in [0.5, 0.6) is 11.5 Å². The molecule has 110 valence electrons. The lowest BCUT2D eigenvalue weighted by atomic mass is 10.1. The summed E-state index contributed by atoms with van der Waals surface area (Å²) < 4.78 is 24.9. The molecule has 0 radical (unpaired) electrons. The summed E-state index contributed by atoms with van der Waals surface area (Å²) in [6.07, 6.45) is 0.573. The van der Waals surface area contributed by atoms with Crippen molar-refractivity contribution in [2.24, 2.45) is 5.73 Å². The summed E-state index contributed by atoms with van der Waals surface area (Å²) >= 11 is 0. The highest BCUT2D eigenvalue weighted by atomic mass is 19.1. The summed E-state index contributed by atoms with van der Waals surface area (Å²) in [6, 6.07) is 10.5. The molecule has 2 N–H and O–H groups in total. The second-order valence-corrected chi connectivity index (χ2v) is 5.27. The molecule has 0 bridgehead atoms. The second kappa shape index (κ2) is 5.74. The molecule has 1 unspecified atom stereocenters. The fourth-order valence-electron chi connectivity index (χ4n) is 2.64. The van der Waals surface area contributed by atoms with Crippen LogP contribution in [0.2, 0.25) is 0 Å². The van der Waals surface area contributed by atoms with E-state index in [4.69, 9.17) is 15.2 Å². The van der Waals surface area contributed by atoms with E-state index in [1.807, 2.05) is 25.1 Å². The van der Waals surface area contributed by atoms with Crippen LogP contribution in [0.1, 0.15) is 16.7 Å². The largest absolute Gasteiger partial charge is 0.489 e. The van der Waals surface area contributed by atoms with Crippen molar-refractivity contribution < 1.29 is 13.9 Å². The van der Waals surface area contributed by atoms with Gasteiger partial charge < -0.3 is 15.2 Å². The molecule has 0 aromatic heterocycles. The van der Waals surface area contributed by atoms with E-state index < -0.39 is 0 Å². The lowest BCUT2D eigenvalue weighted by Crippen LogP contribution is -2.23. The van der Waals surface area contributed by atoms with Gasteiger partial charge in [-0.25, -0.2) is 4.39 Å². The summed E-state index contributed by atoms with van der Waals surface area (Å²) in [5.74, 6) is 1.34. The molecule has 3 rings (SSSR count). The molecule has 3 nitrogen and oxygen atoms in total. The van der Waals surface area contributed by atoms with Gasteiger partial charge in [0.05, 0.1) is 0 Å². The Labute approximate surface area is 123 Å². The third kappa shape index (κ3) is 2.85. The normalized spacial score (nSPS) is 16.4. The molecule has 1 atom stereocenters. The van der Waals surface area contributed by atoms with Crippen LogP contribution < -0.4 is 15.2 Å². The first-order valence-corrected chi connectivity index (χ1v) is 7.04. The predicted octanol–water partition coefficient (Wildman–Crippen LogP) is 2.98. The third-order valence-electron chi connectivity index (χ3n) is 3.69. The van der Waals surface area contributed by atoms with Crippen LogP contribution in [-0.4, -0.2) is 12.7 Å². The molecule has 0 saturated carbocycles. The average Bonchev–Trinajstić information content (AvgIpc) is 2.87. The van der Waals surface area contributed by atoms with Gasteiger partial charge in [0, 0.05) is 24.1 Å². The molecule has 0 saturated heterocycles. The Bertz CT molecular complexity index is 657. The van der Waals surface area contributed by atoms with Gasteiger partial charge in [0.15, 0.2) is 0 Å². The summed E-state index contributed by atoms with van der Waals surface area (Å²) in [7, 11) is 0. The van der Waals surface area contributed by atoms with Crippen molar-refractivity contribution in [2.75, 3.05) is 6.61 Å². The summed E-state index contributed by atoms with van der Waals surface area (Å²) in [6.45, 7) is 2.86. The molecular weight excluding hydrogens is 269 g/mol. The van der Waals surface area contributed by atoms with Crippen molar-refractivity contribution in [1.29, 1.82) is 0 Å². The van der Waals surface area contributed by atoms with Gasteiger partial charge in [0.2, 0.25) is 0 Å². The predicted molar refractivity (Wildman–Crippen MR) is 79.1 cm³/mol. The Kier molecular flexibility index (Phi) is 3.80. The first-order chi connectivity index (χ1) is 10.2. The molecule has 0 aliphatic carbocycles. The molecule has 1 heterocycles. The van der Waals surface area contributed by atoms with Crippen LogP contribution in [0.4, 0.5) is 4.39 Å². The Morgan fingerprint density at radius 1 is 1.33 bits per heavy atom. The van der Waals surface area contributed by atoms with Crippen LogP contribution in [0.3, 0.4) is 0 Å². The first kappa shape index (κ1) is 13.9. The number of aryl methyl sites for hydroxylation is 1. The van der Waals surface area contributed by atoms with E-state index in [0.29, 0.717) is 19.6 Å². The Hall–Kier alpha value is -2.07. The number of rotatable bonds is 4. The molecule has 1 aliphatic heterocycles.